The van der Waals surface area contributed by atoms with E-state index >= 15 is 0 Å². The number of carboxylic acid groups (broad SMARTS) is 1. The molecule has 1 aliphatic carbocycles. The van der Waals surface area contributed by atoms with Crippen molar-refractivity contribution in [2.24, 2.45) is 0 Å². The van der Waals surface area contributed by atoms with E-state index in [9.17, 15) is 9.59 Å². The molecule has 1 aromatic rings. The molecule has 20 heavy (non-hydrogen) atoms. The molecule has 0 amide bonds. The summed E-state index contributed by atoms with van der Waals surface area (Å²) in [5.41, 5.74) is 1.66. The minimum Gasteiger partial charge on any atom is -0.481 e. The smallest absolute Gasteiger partial charge is 0.305 e. The number of benzene rings is 1. The summed E-state index contributed by atoms with van der Waals surface area (Å²) in [5.74, 6) is -1.07. The predicted molar refractivity (Wildman–Crippen MR) is 76.9 cm³/mol. The number of carbonyl (C=O) groups is 2. The van der Waals surface area contributed by atoms with Crippen molar-refractivity contribution < 1.29 is 14.7 Å². The minimum atomic E-state index is -0.944. The van der Waals surface area contributed by atoms with E-state index in [1.54, 1.807) is 12.1 Å². The third-order valence-electron chi connectivity index (χ3n) is 3.82. The van der Waals surface area contributed by atoms with Crippen LogP contribution in [0.3, 0.4) is 0 Å². The van der Waals surface area contributed by atoms with Gasteiger partial charge in [0.15, 0.2) is 5.78 Å². The lowest BCUT2D eigenvalue weighted by molar-refractivity contribution is -0.137. The van der Waals surface area contributed by atoms with Crippen molar-refractivity contribution in [3.05, 3.63) is 35.4 Å². The van der Waals surface area contributed by atoms with Gasteiger partial charge in [-0.2, -0.15) is 0 Å². The zero-order valence-corrected chi connectivity index (χ0v) is 11.8. The van der Waals surface area contributed by atoms with Crippen LogP contribution in [0, 0.1) is 6.92 Å². The number of Topliss-reactive ketones (excluding diaryl/α,β-unsaturated/α-hetero) is 1. The summed E-state index contributed by atoms with van der Waals surface area (Å²) in [4.78, 5) is 23.4. The quantitative estimate of drug-likeness (QED) is 0.783. The van der Waals surface area contributed by atoms with Crippen LogP contribution in [0.2, 0.25) is 0 Å². The molecule has 0 radical (unpaired) electrons. The molecule has 4 heteroatoms. The predicted octanol–water partition coefficient (Wildman–Crippen LogP) is 2.55. The Balaban J connectivity index is 2.09. The average molecular weight is 275 g/mol. The van der Waals surface area contributed by atoms with Gasteiger partial charge in [0.2, 0.25) is 0 Å². The van der Waals surface area contributed by atoms with E-state index in [1.165, 1.54) is 0 Å². The number of carbonyl (C=O) groups excluding carboxylic acids is 1. The van der Waals surface area contributed by atoms with Gasteiger partial charge in [-0.25, -0.2) is 0 Å². The summed E-state index contributed by atoms with van der Waals surface area (Å²) in [5, 5.41) is 12.2. The van der Waals surface area contributed by atoms with E-state index < -0.39 is 12.0 Å². The second-order valence-electron chi connectivity index (χ2n) is 5.53. The summed E-state index contributed by atoms with van der Waals surface area (Å²) in [6.45, 7) is 1.96. The summed E-state index contributed by atoms with van der Waals surface area (Å²) >= 11 is 0. The maximum absolute atomic E-state index is 12.5. The average Bonchev–Trinajstić information content (AvgIpc) is 2.90. The van der Waals surface area contributed by atoms with Gasteiger partial charge in [-0.15, -0.1) is 0 Å². The van der Waals surface area contributed by atoms with E-state index in [1.807, 2.05) is 19.1 Å². The van der Waals surface area contributed by atoms with Gasteiger partial charge in [-0.1, -0.05) is 42.7 Å². The summed E-state index contributed by atoms with van der Waals surface area (Å²) in [6, 6.07) is 6.93. The fourth-order valence-electron chi connectivity index (χ4n) is 2.70. The minimum absolute atomic E-state index is 0.126. The highest BCUT2D eigenvalue weighted by Crippen LogP contribution is 2.19. The fourth-order valence-corrected chi connectivity index (χ4v) is 2.70. The van der Waals surface area contributed by atoms with Crippen molar-refractivity contribution in [3.63, 3.8) is 0 Å². The number of aryl methyl sites for hydroxylation is 1. The zero-order chi connectivity index (χ0) is 14.5. The van der Waals surface area contributed by atoms with Gasteiger partial charge in [0.1, 0.15) is 0 Å². The first-order chi connectivity index (χ1) is 9.56. The van der Waals surface area contributed by atoms with E-state index in [4.69, 9.17) is 5.11 Å². The maximum Gasteiger partial charge on any atom is 0.305 e. The molecule has 2 rings (SSSR count). The second kappa shape index (κ2) is 6.66. The highest BCUT2D eigenvalue weighted by Gasteiger charge is 2.26. The number of nitrogens with one attached hydrogen (secondary N) is 1. The molecule has 1 fully saturated rings. The number of hydrogen-bond acceptors (Lipinski definition) is 3. The lowest BCUT2D eigenvalue weighted by Crippen LogP contribution is -2.43. The molecular weight excluding hydrogens is 254 g/mol. The molecule has 1 aliphatic rings. The summed E-state index contributed by atoms with van der Waals surface area (Å²) < 4.78 is 0. The molecule has 0 heterocycles. The third kappa shape index (κ3) is 3.90. The summed E-state index contributed by atoms with van der Waals surface area (Å²) in [7, 11) is 0. The first-order valence-corrected chi connectivity index (χ1v) is 7.15. The van der Waals surface area contributed by atoms with Crippen LogP contribution in [0.1, 0.15) is 48.0 Å². The van der Waals surface area contributed by atoms with Gasteiger partial charge in [0, 0.05) is 11.6 Å². The van der Waals surface area contributed by atoms with Gasteiger partial charge < -0.3 is 10.4 Å². The molecule has 0 spiro atoms. The Labute approximate surface area is 119 Å². The number of ketones is 1. The molecule has 1 unspecified atom stereocenters. The van der Waals surface area contributed by atoms with E-state index in [0.717, 1.165) is 31.2 Å². The molecule has 1 aromatic carbocycles. The fraction of sp³-hybridized carbons (Fsp3) is 0.500. The third-order valence-corrected chi connectivity index (χ3v) is 3.82. The Bertz CT molecular complexity index is 475. The van der Waals surface area contributed by atoms with Gasteiger partial charge in [-0.05, 0) is 19.8 Å². The summed E-state index contributed by atoms with van der Waals surface area (Å²) in [6.07, 6.45) is 4.18. The standard InChI is InChI=1S/C16H21NO3/c1-11-6-8-12(9-7-11)16(20)14(10-15(18)19)17-13-4-2-3-5-13/h6-9,13-14,17H,2-5,10H2,1H3,(H,18,19). The van der Waals surface area contributed by atoms with Crippen LogP contribution >= 0.6 is 0 Å². The van der Waals surface area contributed by atoms with Crippen molar-refractivity contribution in [1.82, 2.24) is 5.32 Å². The normalized spacial score (nSPS) is 17.1. The Morgan fingerprint density at radius 2 is 1.85 bits per heavy atom. The number of aliphatic carboxylic acids is 1. The zero-order valence-electron chi connectivity index (χ0n) is 11.8. The Morgan fingerprint density at radius 1 is 1.25 bits per heavy atom. The van der Waals surface area contributed by atoms with E-state index in [0.29, 0.717) is 5.56 Å². The highest BCUT2D eigenvalue weighted by molar-refractivity contribution is 6.01. The Kier molecular flexibility index (Phi) is 4.90. The first kappa shape index (κ1) is 14.7. The van der Waals surface area contributed by atoms with Crippen molar-refractivity contribution in [2.45, 2.75) is 51.1 Å². The molecule has 0 saturated heterocycles. The molecule has 0 bridgehead atoms. The Hall–Kier alpha value is -1.68. The second-order valence-corrected chi connectivity index (χ2v) is 5.53. The molecule has 4 nitrogen and oxygen atoms in total. The number of rotatable bonds is 6. The monoisotopic (exact) mass is 275 g/mol. The van der Waals surface area contributed by atoms with Crippen LogP contribution in [-0.2, 0) is 4.79 Å². The van der Waals surface area contributed by atoms with Crippen molar-refractivity contribution in [2.75, 3.05) is 0 Å². The van der Waals surface area contributed by atoms with Crippen LogP contribution in [0.4, 0.5) is 0 Å². The SMILES string of the molecule is Cc1ccc(C(=O)C(CC(=O)O)NC2CCCC2)cc1. The molecule has 2 N–H and O–H groups in total. The van der Waals surface area contributed by atoms with Crippen molar-refractivity contribution in [1.29, 1.82) is 0 Å². The van der Waals surface area contributed by atoms with Gasteiger partial charge >= 0.3 is 5.97 Å². The highest BCUT2D eigenvalue weighted by atomic mass is 16.4. The number of hydrogen-bond donors (Lipinski definition) is 2. The van der Waals surface area contributed by atoms with Crippen molar-refractivity contribution in [3.8, 4) is 0 Å². The maximum atomic E-state index is 12.5. The topological polar surface area (TPSA) is 66.4 Å². The van der Waals surface area contributed by atoms with Gasteiger partial charge in [-0.3, -0.25) is 9.59 Å². The lowest BCUT2D eigenvalue weighted by atomic mass is 9.99. The van der Waals surface area contributed by atoms with Crippen LogP contribution in [-0.4, -0.2) is 28.9 Å². The van der Waals surface area contributed by atoms with Crippen LogP contribution < -0.4 is 5.32 Å². The largest absolute Gasteiger partial charge is 0.481 e. The Morgan fingerprint density at radius 3 is 2.40 bits per heavy atom. The molecule has 0 aliphatic heterocycles. The number of carboxylic acids is 1. The van der Waals surface area contributed by atoms with Crippen LogP contribution in [0.15, 0.2) is 24.3 Å². The molecule has 0 aromatic heterocycles. The van der Waals surface area contributed by atoms with Crippen molar-refractivity contribution >= 4 is 11.8 Å². The molecule has 1 saturated carbocycles. The van der Waals surface area contributed by atoms with Gasteiger partial charge in [0.25, 0.3) is 0 Å². The lowest BCUT2D eigenvalue weighted by Gasteiger charge is -2.20. The molecule has 108 valence electrons. The molecule has 1 atom stereocenters. The van der Waals surface area contributed by atoms with Gasteiger partial charge in [0.05, 0.1) is 12.5 Å². The van der Waals surface area contributed by atoms with E-state index in [-0.39, 0.29) is 18.2 Å². The van der Waals surface area contributed by atoms with E-state index in [2.05, 4.69) is 5.32 Å². The first-order valence-electron chi connectivity index (χ1n) is 7.15. The molecular formula is C16H21NO3. The van der Waals surface area contributed by atoms with Crippen LogP contribution in [0.5, 0.6) is 0 Å². The van der Waals surface area contributed by atoms with Crippen LogP contribution in [0.25, 0.3) is 0 Å².